The van der Waals surface area contributed by atoms with E-state index in [9.17, 15) is 4.79 Å². The highest BCUT2D eigenvalue weighted by molar-refractivity contribution is 5.73. The van der Waals surface area contributed by atoms with Gasteiger partial charge in [0.1, 0.15) is 19.1 Å². The lowest BCUT2D eigenvalue weighted by atomic mass is 9.97. The molecule has 1 heterocycles. The lowest BCUT2D eigenvalue weighted by molar-refractivity contribution is -0.151. The second-order valence-electron chi connectivity index (χ2n) is 6.56. The first-order chi connectivity index (χ1) is 12.2. The largest absolute Gasteiger partial charge is 0.492 e. The molecule has 0 saturated heterocycles. The summed E-state index contributed by atoms with van der Waals surface area (Å²) in [5.41, 5.74) is 2.39. The molecule has 1 aliphatic heterocycles. The first kappa shape index (κ1) is 17.5. The van der Waals surface area contributed by atoms with E-state index in [4.69, 9.17) is 9.47 Å². The minimum atomic E-state index is -0.226. The number of carbonyl (C=O) groups is 1. The van der Waals surface area contributed by atoms with E-state index in [2.05, 4.69) is 36.5 Å². The number of hydrogen-bond acceptors (Lipinski definition) is 4. The second kappa shape index (κ2) is 8.67. The lowest BCUT2D eigenvalue weighted by Crippen LogP contribution is -2.35. The zero-order chi connectivity index (χ0) is 17.5. The Balaban J connectivity index is 1.37. The topological polar surface area (TPSA) is 47.6 Å². The van der Waals surface area contributed by atoms with Gasteiger partial charge in [-0.2, -0.15) is 0 Å². The minimum absolute atomic E-state index is 0.197. The van der Waals surface area contributed by atoms with Crippen molar-refractivity contribution < 1.29 is 14.3 Å². The second-order valence-corrected chi connectivity index (χ2v) is 6.56. The number of aryl methyl sites for hydroxylation is 1. The standard InChI is InChI=1S/C21H25NO3/c1-16(11-12-17-7-3-2-4-8-17)22-15-25-21(23)19-13-18-9-5-6-10-20(18)24-14-19/h2-10,16,19,22H,11-15H2,1H3. The van der Waals surface area contributed by atoms with Crippen LogP contribution in [0.5, 0.6) is 5.75 Å². The van der Waals surface area contributed by atoms with Crippen molar-refractivity contribution in [1.82, 2.24) is 5.32 Å². The number of fused-ring (bicyclic) bond motifs is 1. The maximum absolute atomic E-state index is 12.2. The molecule has 4 heteroatoms. The van der Waals surface area contributed by atoms with Gasteiger partial charge in [-0.25, -0.2) is 0 Å². The highest BCUT2D eigenvalue weighted by atomic mass is 16.5. The normalized spacial score (nSPS) is 17.2. The van der Waals surface area contributed by atoms with Crippen LogP contribution in [0.3, 0.4) is 0 Å². The molecule has 0 fully saturated rings. The van der Waals surface area contributed by atoms with E-state index in [-0.39, 0.29) is 24.7 Å². The quantitative estimate of drug-likeness (QED) is 0.621. The molecule has 1 aliphatic rings. The Morgan fingerprint density at radius 1 is 1.20 bits per heavy atom. The summed E-state index contributed by atoms with van der Waals surface area (Å²) in [6, 6.07) is 18.5. The fourth-order valence-corrected chi connectivity index (χ4v) is 2.98. The predicted molar refractivity (Wildman–Crippen MR) is 97.5 cm³/mol. The maximum atomic E-state index is 12.2. The van der Waals surface area contributed by atoms with Crippen LogP contribution in [0.4, 0.5) is 0 Å². The summed E-state index contributed by atoms with van der Waals surface area (Å²) in [4.78, 5) is 12.2. The SMILES string of the molecule is CC(CCc1ccccc1)NCOC(=O)C1COc2ccccc2C1. The molecule has 3 rings (SSSR count). The third-order valence-electron chi connectivity index (χ3n) is 4.57. The number of hydrogen-bond donors (Lipinski definition) is 1. The first-order valence-corrected chi connectivity index (χ1v) is 8.87. The van der Waals surface area contributed by atoms with Crippen molar-refractivity contribution in [3.63, 3.8) is 0 Å². The van der Waals surface area contributed by atoms with Crippen LogP contribution in [0, 0.1) is 5.92 Å². The molecule has 0 bridgehead atoms. The van der Waals surface area contributed by atoms with Gasteiger partial charge in [0.2, 0.25) is 0 Å². The molecular formula is C21H25NO3. The van der Waals surface area contributed by atoms with Crippen LogP contribution in [-0.4, -0.2) is 25.3 Å². The van der Waals surface area contributed by atoms with Crippen molar-refractivity contribution >= 4 is 5.97 Å². The Bertz CT molecular complexity index is 687. The molecule has 132 valence electrons. The smallest absolute Gasteiger partial charge is 0.314 e. The highest BCUT2D eigenvalue weighted by Crippen LogP contribution is 2.27. The Morgan fingerprint density at radius 2 is 1.96 bits per heavy atom. The van der Waals surface area contributed by atoms with Gasteiger partial charge in [-0.15, -0.1) is 0 Å². The number of nitrogens with one attached hydrogen (secondary N) is 1. The number of para-hydroxylation sites is 1. The molecule has 0 amide bonds. The third-order valence-corrected chi connectivity index (χ3v) is 4.57. The Morgan fingerprint density at radius 3 is 2.80 bits per heavy atom. The van der Waals surface area contributed by atoms with Gasteiger partial charge < -0.3 is 9.47 Å². The Hall–Kier alpha value is -2.33. The third kappa shape index (κ3) is 5.07. The van der Waals surface area contributed by atoms with Gasteiger partial charge in [-0.3, -0.25) is 10.1 Å². The number of carbonyl (C=O) groups excluding carboxylic acids is 1. The van der Waals surface area contributed by atoms with Gasteiger partial charge >= 0.3 is 5.97 Å². The Labute approximate surface area is 149 Å². The van der Waals surface area contributed by atoms with Crippen LogP contribution in [0.1, 0.15) is 24.5 Å². The van der Waals surface area contributed by atoms with Crippen LogP contribution in [0.15, 0.2) is 54.6 Å². The minimum Gasteiger partial charge on any atom is -0.492 e. The summed E-state index contributed by atoms with van der Waals surface area (Å²) in [7, 11) is 0. The molecule has 4 nitrogen and oxygen atoms in total. The van der Waals surface area contributed by atoms with Crippen LogP contribution >= 0.6 is 0 Å². The first-order valence-electron chi connectivity index (χ1n) is 8.87. The number of ether oxygens (including phenoxy) is 2. The Kier molecular flexibility index (Phi) is 6.07. The van der Waals surface area contributed by atoms with Crippen LogP contribution in [0.25, 0.3) is 0 Å². The van der Waals surface area contributed by atoms with E-state index in [1.165, 1.54) is 5.56 Å². The van der Waals surface area contributed by atoms with E-state index in [0.717, 1.165) is 24.2 Å². The van der Waals surface area contributed by atoms with Gasteiger partial charge in [0.05, 0.1) is 5.92 Å². The molecule has 1 N–H and O–H groups in total. The van der Waals surface area contributed by atoms with Gasteiger partial charge in [0.15, 0.2) is 0 Å². The summed E-state index contributed by atoms with van der Waals surface area (Å²) in [6.45, 7) is 2.74. The van der Waals surface area contributed by atoms with Crippen LogP contribution < -0.4 is 10.1 Å². The fourth-order valence-electron chi connectivity index (χ4n) is 2.98. The van der Waals surface area contributed by atoms with Gasteiger partial charge in [-0.05, 0) is 43.4 Å². The summed E-state index contributed by atoms with van der Waals surface area (Å²) >= 11 is 0. The maximum Gasteiger partial charge on any atom is 0.314 e. The lowest BCUT2D eigenvalue weighted by Gasteiger charge is -2.24. The van der Waals surface area contributed by atoms with Gasteiger partial charge in [-0.1, -0.05) is 48.5 Å². The predicted octanol–water partition coefficient (Wildman–Crippen LogP) is 3.35. The average molecular weight is 339 g/mol. The molecule has 0 aliphatic carbocycles. The number of rotatable bonds is 7. The van der Waals surface area contributed by atoms with E-state index in [1.54, 1.807) is 0 Å². The van der Waals surface area contributed by atoms with Crippen molar-refractivity contribution in [3.8, 4) is 5.75 Å². The molecule has 0 spiro atoms. The number of esters is 1. The number of benzene rings is 2. The van der Waals surface area contributed by atoms with Crippen molar-refractivity contribution in [3.05, 3.63) is 65.7 Å². The summed E-state index contributed by atoms with van der Waals surface area (Å²) in [5.74, 6) is 0.452. The van der Waals surface area contributed by atoms with Crippen molar-refractivity contribution in [2.75, 3.05) is 13.3 Å². The molecule has 2 unspecified atom stereocenters. The van der Waals surface area contributed by atoms with E-state index >= 15 is 0 Å². The molecule has 2 aromatic rings. The van der Waals surface area contributed by atoms with Gasteiger partial charge in [0.25, 0.3) is 0 Å². The van der Waals surface area contributed by atoms with E-state index in [1.807, 2.05) is 30.3 Å². The summed E-state index contributed by atoms with van der Waals surface area (Å²) in [5, 5.41) is 3.26. The van der Waals surface area contributed by atoms with E-state index in [0.29, 0.717) is 13.0 Å². The zero-order valence-corrected chi connectivity index (χ0v) is 14.6. The fraction of sp³-hybridized carbons (Fsp3) is 0.381. The van der Waals surface area contributed by atoms with E-state index < -0.39 is 0 Å². The van der Waals surface area contributed by atoms with Crippen molar-refractivity contribution in [2.24, 2.45) is 5.92 Å². The van der Waals surface area contributed by atoms with Crippen LogP contribution in [0.2, 0.25) is 0 Å². The summed E-state index contributed by atoms with van der Waals surface area (Å²) in [6.07, 6.45) is 2.69. The molecule has 25 heavy (non-hydrogen) atoms. The molecule has 0 radical (unpaired) electrons. The zero-order valence-electron chi connectivity index (χ0n) is 14.6. The average Bonchev–Trinajstić information content (AvgIpc) is 2.66. The van der Waals surface area contributed by atoms with Gasteiger partial charge in [0, 0.05) is 6.04 Å². The van der Waals surface area contributed by atoms with Crippen LogP contribution in [-0.2, 0) is 22.4 Å². The molecule has 0 aromatic heterocycles. The summed E-state index contributed by atoms with van der Waals surface area (Å²) < 4.78 is 11.0. The van der Waals surface area contributed by atoms with Crippen molar-refractivity contribution in [2.45, 2.75) is 32.2 Å². The molecule has 2 aromatic carbocycles. The molecule has 2 atom stereocenters. The molecular weight excluding hydrogens is 314 g/mol. The van der Waals surface area contributed by atoms with Crippen molar-refractivity contribution in [1.29, 1.82) is 0 Å². The molecule has 0 saturated carbocycles. The monoisotopic (exact) mass is 339 g/mol. The highest BCUT2D eigenvalue weighted by Gasteiger charge is 2.27.